The van der Waals surface area contributed by atoms with Crippen LogP contribution in [0.25, 0.3) is 11.0 Å². The highest BCUT2D eigenvalue weighted by Gasteiger charge is 2.10. The average Bonchev–Trinajstić information content (AvgIpc) is 1.99. The highest BCUT2D eigenvalue weighted by molar-refractivity contribution is 5.81. The van der Waals surface area contributed by atoms with E-state index in [0.717, 1.165) is 6.07 Å². The lowest BCUT2D eigenvalue weighted by Crippen LogP contribution is -2.04. The van der Waals surface area contributed by atoms with E-state index in [0.29, 0.717) is 5.76 Å². The van der Waals surface area contributed by atoms with Gasteiger partial charge in [0.15, 0.2) is 5.58 Å². The van der Waals surface area contributed by atoms with Crippen LogP contribution < -0.4 is 11.3 Å². The van der Waals surface area contributed by atoms with Crippen molar-refractivity contribution in [3.63, 3.8) is 0 Å². The van der Waals surface area contributed by atoms with Crippen molar-refractivity contribution in [3.8, 4) is 5.75 Å². The van der Waals surface area contributed by atoms with Gasteiger partial charge in [-0.05, 0) is 6.92 Å². The summed E-state index contributed by atoms with van der Waals surface area (Å²) in [6.07, 6.45) is 0. The van der Waals surface area contributed by atoms with Crippen molar-refractivity contribution in [1.82, 2.24) is 0 Å². The first-order valence-electron chi connectivity index (χ1n) is 3.85. The van der Waals surface area contributed by atoms with Gasteiger partial charge in [-0.25, -0.2) is 9.59 Å². The summed E-state index contributed by atoms with van der Waals surface area (Å²) in [5.41, 5.74) is -1.40. The second-order valence-electron chi connectivity index (χ2n) is 2.83. The van der Waals surface area contributed by atoms with E-state index in [1.54, 1.807) is 6.92 Å². The number of hydrogen-bond acceptors (Lipinski definition) is 5. The van der Waals surface area contributed by atoms with E-state index in [1.165, 1.54) is 6.07 Å². The molecule has 0 atom stereocenters. The van der Waals surface area contributed by atoms with Gasteiger partial charge in [-0.1, -0.05) is 0 Å². The molecule has 1 N–H and O–H groups in total. The summed E-state index contributed by atoms with van der Waals surface area (Å²) in [5, 5.41) is 9.19. The molecule has 0 saturated heterocycles. The molecule has 0 spiro atoms. The maximum absolute atomic E-state index is 11.2. The predicted octanol–water partition coefficient (Wildman–Crippen LogP) is 0.760. The molecule has 0 radical (unpaired) electrons. The summed E-state index contributed by atoms with van der Waals surface area (Å²) in [6, 6.07) is 2.20. The number of fused-ring (bicyclic) bond motifs is 1. The predicted molar refractivity (Wildman–Crippen MR) is 47.4 cm³/mol. The Morgan fingerprint density at radius 2 is 1.93 bits per heavy atom. The molecule has 72 valence electrons. The van der Waals surface area contributed by atoms with E-state index < -0.39 is 17.0 Å². The van der Waals surface area contributed by atoms with Crippen LogP contribution in [0.1, 0.15) is 5.76 Å². The Kier molecular flexibility index (Phi) is 1.67. The van der Waals surface area contributed by atoms with Crippen LogP contribution in [0.3, 0.4) is 0 Å². The quantitative estimate of drug-likeness (QED) is 0.669. The molecule has 0 aromatic carbocycles. The van der Waals surface area contributed by atoms with Crippen LogP contribution in [0.5, 0.6) is 5.75 Å². The lowest BCUT2D eigenvalue weighted by atomic mass is 10.2. The van der Waals surface area contributed by atoms with Crippen LogP contribution in [0, 0.1) is 6.92 Å². The summed E-state index contributed by atoms with van der Waals surface area (Å²) in [4.78, 5) is 22.1. The molecular formula is C9H6O5. The highest BCUT2D eigenvalue weighted by atomic mass is 16.4. The molecule has 0 aliphatic heterocycles. The van der Waals surface area contributed by atoms with Gasteiger partial charge >= 0.3 is 11.3 Å². The van der Waals surface area contributed by atoms with Gasteiger partial charge in [0, 0.05) is 6.07 Å². The van der Waals surface area contributed by atoms with Crippen LogP contribution in [-0.4, -0.2) is 5.11 Å². The molecule has 0 amide bonds. The molecule has 0 fully saturated rings. The largest absolute Gasteiger partial charge is 0.507 e. The van der Waals surface area contributed by atoms with Crippen molar-refractivity contribution < 1.29 is 13.9 Å². The van der Waals surface area contributed by atoms with Crippen LogP contribution in [0.2, 0.25) is 0 Å². The Bertz CT molecular complexity index is 605. The average molecular weight is 194 g/mol. The zero-order valence-corrected chi connectivity index (χ0v) is 7.23. The van der Waals surface area contributed by atoms with Gasteiger partial charge in [-0.15, -0.1) is 0 Å². The molecule has 2 aromatic rings. The monoisotopic (exact) mass is 194 g/mol. The van der Waals surface area contributed by atoms with E-state index >= 15 is 0 Å². The van der Waals surface area contributed by atoms with Gasteiger partial charge in [0.05, 0.1) is 6.07 Å². The fourth-order valence-corrected chi connectivity index (χ4v) is 1.22. The second kappa shape index (κ2) is 2.73. The van der Waals surface area contributed by atoms with Crippen LogP contribution in [-0.2, 0) is 0 Å². The van der Waals surface area contributed by atoms with Gasteiger partial charge in [-0.3, -0.25) is 0 Å². The minimum atomic E-state index is -0.721. The summed E-state index contributed by atoms with van der Waals surface area (Å²) in [5.74, 6) is -0.110. The second-order valence-corrected chi connectivity index (χ2v) is 2.83. The SMILES string of the molecule is Cc1cc2oc(=O)cc(O)c2c(=O)o1. The molecule has 2 rings (SSSR count). The molecule has 5 nitrogen and oxygen atoms in total. The summed E-state index contributed by atoms with van der Waals surface area (Å²) in [7, 11) is 0. The Morgan fingerprint density at radius 1 is 1.21 bits per heavy atom. The Hall–Kier alpha value is -2.04. The lowest BCUT2D eigenvalue weighted by Gasteiger charge is -1.97. The smallest absolute Gasteiger partial charge is 0.350 e. The van der Waals surface area contributed by atoms with E-state index in [1.807, 2.05) is 0 Å². The number of rotatable bonds is 0. The minimum absolute atomic E-state index is 0.0313. The fourth-order valence-electron chi connectivity index (χ4n) is 1.22. The first kappa shape index (κ1) is 8.55. The van der Waals surface area contributed by atoms with Gasteiger partial charge in [-0.2, -0.15) is 0 Å². The Morgan fingerprint density at radius 3 is 2.64 bits per heavy atom. The molecule has 0 aliphatic carbocycles. The zero-order valence-electron chi connectivity index (χ0n) is 7.23. The van der Waals surface area contributed by atoms with Crippen molar-refractivity contribution in [2.24, 2.45) is 0 Å². The highest BCUT2D eigenvalue weighted by Crippen LogP contribution is 2.18. The van der Waals surface area contributed by atoms with Crippen molar-refractivity contribution in [3.05, 3.63) is 38.7 Å². The van der Waals surface area contributed by atoms with E-state index in [9.17, 15) is 14.7 Å². The van der Waals surface area contributed by atoms with E-state index in [2.05, 4.69) is 0 Å². The molecule has 0 bridgehead atoms. The summed E-state index contributed by atoms with van der Waals surface area (Å²) >= 11 is 0. The third kappa shape index (κ3) is 1.19. The Balaban J connectivity index is 3.10. The summed E-state index contributed by atoms with van der Waals surface area (Å²) in [6.45, 7) is 1.55. The topological polar surface area (TPSA) is 80.6 Å². The molecule has 0 unspecified atom stereocenters. The number of aromatic hydroxyl groups is 1. The first-order chi connectivity index (χ1) is 6.58. The van der Waals surface area contributed by atoms with Crippen LogP contribution in [0.15, 0.2) is 30.6 Å². The molecule has 5 heteroatoms. The van der Waals surface area contributed by atoms with E-state index in [-0.39, 0.29) is 11.0 Å². The lowest BCUT2D eigenvalue weighted by molar-refractivity contribution is 0.449. The molecule has 0 saturated carbocycles. The molecule has 2 aromatic heterocycles. The third-order valence-corrected chi connectivity index (χ3v) is 1.76. The van der Waals surface area contributed by atoms with Crippen molar-refractivity contribution in [2.75, 3.05) is 0 Å². The Labute approximate surface area is 77.2 Å². The third-order valence-electron chi connectivity index (χ3n) is 1.76. The summed E-state index contributed by atoms with van der Waals surface area (Å²) < 4.78 is 9.46. The van der Waals surface area contributed by atoms with Gasteiger partial charge in [0.25, 0.3) is 0 Å². The fraction of sp³-hybridized carbons (Fsp3) is 0.111. The molecular weight excluding hydrogens is 188 g/mol. The van der Waals surface area contributed by atoms with Gasteiger partial charge in [0.2, 0.25) is 0 Å². The standard InChI is InChI=1S/C9H6O5/c1-4-2-6-8(9(12)13-4)5(10)3-7(11)14-6/h2-3,10H,1H3. The number of hydrogen-bond donors (Lipinski definition) is 1. The molecule has 0 aliphatic rings. The van der Waals surface area contributed by atoms with Crippen LogP contribution >= 0.6 is 0 Å². The maximum Gasteiger partial charge on any atom is 0.350 e. The van der Waals surface area contributed by atoms with Crippen molar-refractivity contribution in [2.45, 2.75) is 6.92 Å². The van der Waals surface area contributed by atoms with E-state index in [4.69, 9.17) is 8.83 Å². The minimum Gasteiger partial charge on any atom is -0.507 e. The van der Waals surface area contributed by atoms with Gasteiger partial charge < -0.3 is 13.9 Å². The zero-order chi connectivity index (χ0) is 10.3. The van der Waals surface area contributed by atoms with Crippen molar-refractivity contribution >= 4 is 11.0 Å². The van der Waals surface area contributed by atoms with Gasteiger partial charge in [0.1, 0.15) is 16.9 Å². The molecule has 14 heavy (non-hydrogen) atoms. The van der Waals surface area contributed by atoms with Crippen molar-refractivity contribution in [1.29, 1.82) is 0 Å². The molecule has 2 heterocycles. The number of aryl methyl sites for hydroxylation is 1. The normalized spacial score (nSPS) is 10.6. The van der Waals surface area contributed by atoms with Crippen LogP contribution in [0.4, 0.5) is 0 Å². The maximum atomic E-state index is 11.2. The first-order valence-corrected chi connectivity index (χ1v) is 3.85.